The first kappa shape index (κ1) is 16.5. The summed E-state index contributed by atoms with van der Waals surface area (Å²) in [6.45, 7) is 7.60. The Balaban J connectivity index is 1.50. The zero-order valence-corrected chi connectivity index (χ0v) is 14.3. The third-order valence-corrected chi connectivity index (χ3v) is 5.29. The van der Waals surface area contributed by atoms with Gasteiger partial charge in [-0.15, -0.1) is 0 Å². The Kier molecular flexibility index (Phi) is 5.68. The number of hydrogen-bond acceptors (Lipinski definition) is 3. The summed E-state index contributed by atoms with van der Waals surface area (Å²) >= 11 is 0. The van der Waals surface area contributed by atoms with Crippen LogP contribution in [0.5, 0.6) is 0 Å². The number of para-hydroxylation sites is 1. The van der Waals surface area contributed by atoms with Crippen LogP contribution in [0.2, 0.25) is 0 Å². The molecular weight excluding hydrogens is 286 g/mol. The van der Waals surface area contributed by atoms with Crippen molar-refractivity contribution in [3.05, 3.63) is 30.3 Å². The zero-order valence-electron chi connectivity index (χ0n) is 14.3. The Morgan fingerprint density at radius 1 is 1.09 bits per heavy atom. The Hall–Kier alpha value is -1.39. The van der Waals surface area contributed by atoms with E-state index in [0.29, 0.717) is 6.54 Å². The van der Waals surface area contributed by atoms with E-state index in [-0.39, 0.29) is 5.91 Å². The van der Waals surface area contributed by atoms with Crippen molar-refractivity contribution >= 4 is 11.6 Å². The maximum atomic E-state index is 12.7. The second-order valence-corrected chi connectivity index (χ2v) is 6.72. The summed E-state index contributed by atoms with van der Waals surface area (Å²) in [7, 11) is 0. The third kappa shape index (κ3) is 4.12. The van der Waals surface area contributed by atoms with E-state index >= 15 is 0 Å². The Bertz CT molecular complexity index is 491. The van der Waals surface area contributed by atoms with Crippen LogP contribution in [0.3, 0.4) is 0 Å². The van der Waals surface area contributed by atoms with Gasteiger partial charge in [-0.25, -0.2) is 0 Å². The van der Waals surface area contributed by atoms with Gasteiger partial charge in [-0.3, -0.25) is 14.6 Å². The molecule has 23 heavy (non-hydrogen) atoms. The number of amides is 1. The number of carbonyl (C=O) groups excluding carboxylic acids is 1. The van der Waals surface area contributed by atoms with Crippen molar-refractivity contribution in [2.24, 2.45) is 0 Å². The number of hydrogen-bond donors (Lipinski definition) is 0. The van der Waals surface area contributed by atoms with Gasteiger partial charge in [-0.1, -0.05) is 31.0 Å². The molecule has 2 aliphatic rings. The smallest absolute Gasteiger partial charge is 0.241 e. The fourth-order valence-corrected chi connectivity index (χ4v) is 3.94. The number of benzene rings is 1. The van der Waals surface area contributed by atoms with Crippen molar-refractivity contribution in [2.75, 3.05) is 44.2 Å². The first-order chi connectivity index (χ1) is 11.3. The first-order valence-electron chi connectivity index (χ1n) is 9.09. The summed E-state index contributed by atoms with van der Waals surface area (Å²) in [5, 5.41) is 0. The molecule has 1 heterocycles. The molecular formula is C19H29N3O. The maximum absolute atomic E-state index is 12.7. The zero-order chi connectivity index (χ0) is 16.1. The lowest BCUT2D eigenvalue weighted by atomic mass is 10.2. The van der Waals surface area contributed by atoms with Gasteiger partial charge in [0.1, 0.15) is 0 Å². The van der Waals surface area contributed by atoms with Gasteiger partial charge in [-0.2, -0.15) is 0 Å². The van der Waals surface area contributed by atoms with Crippen molar-refractivity contribution in [1.82, 2.24) is 9.80 Å². The highest BCUT2D eigenvalue weighted by Crippen LogP contribution is 2.24. The second kappa shape index (κ2) is 7.93. The number of rotatable bonds is 5. The van der Waals surface area contributed by atoms with E-state index in [2.05, 4.69) is 9.80 Å². The summed E-state index contributed by atoms with van der Waals surface area (Å²) in [5.41, 5.74) is 1.00. The van der Waals surface area contributed by atoms with Gasteiger partial charge in [0.2, 0.25) is 5.91 Å². The normalized spacial score (nSPS) is 20.7. The molecule has 0 atom stereocenters. The van der Waals surface area contributed by atoms with Crippen molar-refractivity contribution < 1.29 is 4.79 Å². The molecule has 0 spiro atoms. The van der Waals surface area contributed by atoms with Gasteiger partial charge in [0.05, 0.1) is 6.54 Å². The molecule has 0 aromatic heterocycles. The number of anilines is 1. The van der Waals surface area contributed by atoms with Gasteiger partial charge in [0, 0.05) is 44.5 Å². The summed E-state index contributed by atoms with van der Waals surface area (Å²) < 4.78 is 0. The van der Waals surface area contributed by atoms with Crippen LogP contribution in [-0.4, -0.2) is 61.0 Å². The van der Waals surface area contributed by atoms with E-state index < -0.39 is 0 Å². The molecule has 1 aliphatic heterocycles. The van der Waals surface area contributed by atoms with Crippen LogP contribution >= 0.6 is 0 Å². The second-order valence-electron chi connectivity index (χ2n) is 6.72. The minimum absolute atomic E-state index is 0.216. The standard InChI is InChI=1S/C19H29N3O/c1-2-22(18-10-4-3-5-11-18)19(23)16-20-12-14-21(15-13-20)17-8-6-7-9-17/h3-5,10-11,17H,2,6-9,12-16H2,1H3. The van der Waals surface area contributed by atoms with E-state index in [0.717, 1.165) is 44.5 Å². The van der Waals surface area contributed by atoms with Crippen molar-refractivity contribution in [3.8, 4) is 0 Å². The molecule has 1 saturated carbocycles. The van der Waals surface area contributed by atoms with Crippen molar-refractivity contribution in [3.63, 3.8) is 0 Å². The molecule has 1 aliphatic carbocycles. The van der Waals surface area contributed by atoms with E-state index in [1.54, 1.807) is 0 Å². The van der Waals surface area contributed by atoms with E-state index in [4.69, 9.17) is 0 Å². The fraction of sp³-hybridized carbons (Fsp3) is 0.632. The molecule has 1 saturated heterocycles. The van der Waals surface area contributed by atoms with Crippen LogP contribution in [0.4, 0.5) is 5.69 Å². The Morgan fingerprint density at radius 3 is 2.35 bits per heavy atom. The lowest BCUT2D eigenvalue weighted by molar-refractivity contribution is -0.120. The lowest BCUT2D eigenvalue weighted by Crippen LogP contribution is -2.52. The quantitative estimate of drug-likeness (QED) is 0.836. The number of carbonyl (C=O) groups is 1. The largest absolute Gasteiger partial charge is 0.312 e. The lowest BCUT2D eigenvalue weighted by Gasteiger charge is -2.38. The molecule has 0 N–H and O–H groups in total. The molecule has 4 nitrogen and oxygen atoms in total. The molecule has 3 rings (SSSR count). The summed E-state index contributed by atoms with van der Waals surface area (Å²) in [4.78, 5) is 19.5. The molecule has 0 radical (unpaired) electrons. The van der Waals surface area contributed by atoms with Gasteiger partial charge in [-0.05, 0) is 31.9 Å². The average molecular weight is 315 g/mol. The number of likely N-dealkylation sites (N-methyl/N-ethyl adjacent to an activating group) is 1. The fourth-order valence-electron chi connectivity index (χ4n) is 3.94. The first-order valence-corrected chi connectivity index (χ1v) is 9.09. The minimum atomic E-state index is 0.216. The predicted octanol–water partition coefficient (Wildman–Crippen LogP) is 2.60. The highest BCUT2D eigenvalue weighted by atomic mass is 16.2. The van der Waals surface area contributed by atoms with Crippen LogP contribution in [-0.2, 0) is 4.79 Å². The highest BCUT2D eigenvalue weighted by molar-refractivity contribution is 5.94. The van der Waals surface area contributed by atoms with Crippen LogP contribution < -0.4 is 4.90 Å². The van der Waals surface area contributed by atoms with Gasteiger partial charge in [0.25, 0.3) is 0 Å². The van der Waals surface area contributed by atoms with E-state index in [9.17, 15) is 4.79 Å². The molecule has 1 aromatic rings. The van der Waals surface area contributed by atoms with Crippen LogP contribution in [0.25, 0.3) is 0 Å². The third-order valence-electron chi connectivity index (χ3n) is 5.29. The van der Waals surface area contributed by atoms with Crippen LogP contribution in [0, 0.1) is 0 Å². The van der Waals surface area contributed by atoms with Crippen LogP contribution in [0.1, 0.15) is 32.6 Å². The van der Waals surface area contributed by atoms with Crippen molar-refractivity contribution in [2.45, 2.75) is 38.6 Å². The predicted molar refractivity (Wildman–Crippen MR) is 94.7 cm³/mol. The summed E-state index contributed by atoms with van der Waals surface area (Å²) in [5.74, 6) is 0.216. The molecule has 4 heteroatoms. The number of piperazine rings is 1. The molecule has 1 amide bonds. The van der Waals surface area contributed by atoms with E-state index in [1.807, 2.05) is 42.2 Å². The summed E-state index contributed by atoms with van der Waals surface area (Å²) in [6, 6.07) is 10.8. The molecule has 1 aromatic carbocycles. The van der Waals surface area contributed by atoms with Gasteiger partial charge < -0.3 is 4.90 Å². The monoisotopic (exact) mass is 315 g/mol. The Labute approximate surface area is 140 Å². The topological polar surface area (TPSA) is 26.8 Å². The average Bonchev–Trinajstić information content (AvgIpc) is 3.12. The summed E-state index contributed by atoms with van der Waals surface area (Å²) in [6.07, 6.45) is 5.53. The highest BCUT2D eigenvalue weighted by Gasteiger charge is 2.27. The van der Waals surface area contributed by atoms with E-state index in [1.165, 1.54) is 25.7 Å². The van der Waals surface area contributed by atoms with Gasteiger partial charge >= 0.3 is 0 Å². The molecule has 2 fully saturated rings. The maximum Gasteiger partial charge on any atom is 0.241 e. The van der Waals surface area contributed by atoms with Gasteiger partial charge in [0.15, 0.2) is 0 Å². The van der Waals surface area contributed by atoms with Crippen molar-refractivity contribution in [1.29, 1.82) is 0 Å². The minimum Gasteiger partial charge on any atom is -0.312 e. The molecule has 0 unspecified atom stereocenters. The molecule has 0 bridgehead atoms. The number of nitrogens with zero attached hydrogens (tertiary/aromatic N) is 3. The molecule has 126 valence electrons. The Morgan fingerprint density at radius 2 is 1.74 bits per heavy atom. The van der Waals surface area contributed by atoms with Crippen LogP contribution in [0.15, 0.2) is 30.3 Å². The SMILES string of the molecule is CCN(C(=O)CN1CCN(C2CCCC2)CC1)c1ccccc1.